The third kappa shape index (κ3) is 5.40. The van der Waals surface area contributed by atoms with Gasteiger partial charge in [-0.3, -0.25) is 0 Å². The first-order valence-corrected chi connectivity index (χ1v) is 19.1. The molecule has 0 aliphatic carbocycles. The van der Waals surface area contributed by atoms with Crippen molar-refractivity contribution in [2.24, 2.45) is 0 Å². The molecule has 56 heavy (non-hydrogen) atoms. The zero-order valence-corrected chi connectivity index (χ0v) is 30.5. The summed E-state index contributed by atoms with van der Waals surface area (Å²) >= 11 is 1.71. The van der Waals surface area contributed by atoms with Crippen molar-refractivity contribution < 1.29 is 8.22 Å². The van der Waals surface area contributed by atoms with Gasteiger partial charge in [0.15, 0.2) is 17.5 Å². The van der Waals surface area contributed by atoms with E-state index in [4.69, 9.17) is 20.4 Å². The van der Waals surface area contributed by atoms with E-state index >= 15 is 0 Å². The van der Waals surface area contributed by atoms with Crippen molar-refractivity contribution in [3.8, 4) is 62.1 Å². The molecule has 11 aromatic rings. The van der Waals surface area contributed by atoms with Crippen LogP contribution in [-0.2, 0) is 0 Å². The Morgan fingerprint density at radius 2 is 1.02 bits per heavy atom. The first kappa shape index (κ1) is 26.5. The third-order valence-electron chi connectivity index (χ3n) is 10.2. The van der Waals surface area contributed by atoms with Gasteiger partial charge in [0, 0.05) is 47.6 Å². The number of nitrogens with zero attached hydrogens (tertiary/aromatic N) is 4. The monoisotopic (exact) mass is 738 g/mol. The highest BCUT2D eigenvalue weighted by Crippen LogP contribution is 2.43. The summed E-state index contributed by atoms with van der Waals surface area (Å²) in [7, 11) is 0. The van der Waals surface area contributed by atoms with E-state index in [2.05, 4.69) is 48.5 Å². The maximum atomic E-state index is 9.33. The summed E-state index contributed by atoms with van der Waals surface area (Å²) in [5.74, 6) is 1.23. The minimum atomic E-state index is -0.182. The molecule has 0 aliphatic heterocycles. The summed E-state index contributed by atoms with van der Waals surface area (Å²) in [6.45, 7) is 0. The third-order valence-corrected chi connectivity index (χ3v) is 11.4. The number of hydrogen-bond donors (Lipinski definition) is 0. The standard InChI is InChI=1S/C51H32N4S/c1-3-15-33(16-4-1)35-19-13-20-37(31-35)50-52-49(34-17-5-2-6-18-34)53-51(54-50)43-30-29-36(38-24-14-25-42-41-23-9-12-28-47(41)56-48(38)42)32-46(43)55-44-26-10-7-21-39(44)40-22-8-11-27-45(40)55/h1-32H/i7D,8D,21D,22D,26D,27D. The highest BCUT2D eigenvalue weighted by Gasteiger charge is 2.21. The van der Waals surface area contributed by atoms with Crippen molar-refractivity contribution >= 4 is 53.3 Å². The summed E-state index contributed by atoms with van der Waals surface area (Å²) in [6, 6.07) is 50.3. The maximum Gasteiger partial charge on any atom is 0.166 e. The fourth-order valence-electron chi connectivity index (χ4n) is 7.61. The normalized spacial score (nSPS) is 13.1. The molecule has 3 aromatic heterocycles. The Kier molecular flexibility index (Phi) is 6.29. The van der Waals surface area contributed by atoms with Gasteiger partial charge in [-0.1, -0.05) is 158 Å². The van der Waals surface area contributed by atoms with Crippen molar-refractivity contribution in [2.45, 2.75) is 0 Å². The summed E-state index contributed by atoms with van der Waals surface area (Å²) in [5, 5.41) is 2.64. The van der Waals surface area contributed by atoms with Gasteiger partial charge in [-0.2, -0.15) is 0 Å². The van der Waals surface area contributed by atoms with Crippen LogP contribution in [0.2, 0.25) is 0 Å². The molecule has 262 valence electrons. The van der Waals surface area contributed by atoms with Gasteiger partial charge in [-0.15, -0.1) is 11.3 Å². The lowest BCUT2D eigenvalue weighted by molar-refractivity contribution is 1.06. The quantitative estimate of drug-likeness (QED) is 0.171. The Bertz CT molecular complexity index is 3530. The van der Waals surface area contributed by atoms with Crippen molar-refractivity contribution in [1.82, 2.24) is 19.5 Å². The number of rotatable bonds is 6. The average molecular weight is 739 g/mol. The maximum absolute atomic E-state index is 9.33. The number of aromatic nitrogens is 4. The number of para-hydroxylation sites is 2. The van der Waals surface area contributed by atoms with E-state index in [1.54, 1.807) is 15.9 Å². The van der Waals surface area contributed by atoms with Gasteiger partial charge in [-0.05, 0) is 58.6 Å². The molecule has 0 saturated heterocycles. The molecule has 3 heterocycles. The topological polar surface area (TPSA) is 43.6 Å². The minimum absolute atomic E-state index is 0.0514. The highest BCUT2D eigenvalue weighted by atomic mass is 32.1. The van der Waals surface area contributed by atoms with Crippen LogP contribution < -0.4 is 0 Å². The van der Waals surface area contributed by atoms with Gasteiger partial charge in [0.05, 0.1) is 24.9 Å². The SMILES string of the molecule is [2H]c1cc([2H])c2c(c1[2H])c1c([2H])c([2H])cc([2H])c1n2-c1cc(-c2cccc3c2sc2ccccc23)ccc1-c1nc(-c2ccccc2)nc(-c2cccc(-c3ccccc3)c2)n1. The van der Waals surface area contributed by atoms with Crippen LogP contribution in [0.3, 0.4) is 0 Å². The lowest BCUT2D eigenvalue weighted by Crippen LogP contribution is -2.04. The Hall–Kier alpha value is -7.21. The van der Waals surface area contributed by atoms with Crippen LogP contribution in [0.4, 0.5) is 0 Å². The molecule has 11 rings (SSSR count). The van der Waals surface area contributed by atoms with E-state index in [-0.39, 0.29) is 58.1 Å². The van der Waals surface area contributed by atoms with Gasteiger partial charge in [0.1, 0.15) is 0 Å². The molecule has 0 N–H and O–H groups in total. The molecule has 0 spiro atoms. The summed E-state index contributed by atoms with van der Waals surface area (Å²) < 4.78 is 58.2. The fourth-order valence-corrected chi connectivity index (χ4v) is 8.85. The summed E-state index contributed by atoms with van der Waals surface area (Å²) in [6.07, 6.45) is 0. The molecule has 0 bridgehead atoms. The Morgan fingerprint density at radius 3 is 1.79 bits per heavy atom. The van der Waals surface area contributed by atoms with Crippen LogP contribution >= 0.6 is 11.3 Å². The zero-order chi connectivity index (χ0) is 42.2. The predicted molar refractivity (Wildman–Crippen MR) is 234 cm³/mol. The predicted octanol–water partition coefficient (Wildman–Crippen LogP) is 13.7. The fraction of sp³-hybridized carbons (Fsp3) is 0. The van der Waals surface area contributed by atoms with Gasteiger partial charge in [0.25, 0.3) is 0 Å². The number of benzene rings is 8. The van der Waals surface area contributed by atoms with Crippen LogP contribution in [0.15, 0.2) is 194 Å². The molecule has 4 nitrogen and oxygen atoms in total. The average Bonchev–Trinajstić information content (AvgIpc) is 3.88. The molecular formula is C51H32N4S. The van der Waals surface area contributed by atoms with Crippen LogP contribution in [0.5, 0.6) is 0 Å². The lowest BCUT2D eigenvalue weighted by Gasteiger charge is -2.17. The molecule has 0 amide bonds. The van der Waals surface area contributed by atoms with Crippen molar-refractivity contribution in [2.75, 3.05) is 0 Å². The second kappa shape index (κ2) is 13.3. The molecule has 0 aliphatic rings. The van der Waals surface area contributed by atoms with E-state index in [1.165, 1.54) is 12.1 Å². The molecule has 5 heteroatoms. The molecule has 8 aromatic carbocycles. The van der Waals surface area contributed by atoms with Gasteiger partial charge in [-0.25, -0.2) is 15.0 Å². The molecule has 0 saturated carbocycles. The number of thiophene rings is 1. The van der Waals surface area contributed by atoms with Crippen LogP contribution in [-0.4, -0.2) is 19.5 Å². The lowest BCUT2D eigenvalue weighted by atomic mass is 9.99. The van der Waals surface area contributed by atoms with Crippen LogP contribution in [0.1, 0.15) is 8.22 Å². The minimum Gasteiger partial charge on any atom is -0.308 e. The van der Waals surface area contributed by atoms with E-state index < -0.39 is 0 Å². The summed E-state index contributed by atoms with van der Waals surface area (Å²) in [5.41, 5.74) is 7.02. The second-order valence-corrected chi connectivity index (χ2v) is 14.6. The van der Waals surface area contributed by atoms with E-state index in [0.717, 1.165) is 53.6 Å². The van der Waals surface area contributed by atoms with E-state index in [0.29, 0.717) is 28.7 Å². The largest absolute Gasteiger partial charge is 0.308 e. The number of hydrogen-bond acceptors (Lipinski definition) is 4. The summed E-state index contributed by atoms with van der Waals surface area (Å²) in [4.78, 5) is 15.4. The molecule has 0 radical (unpaired) electrons. The van der Waals surface area contributed by atoms with Gasteiger partial charge >= 0.3 is 0 Å². The van der Waals surface area contributed by atoms with Gasteiger partial charge < -0.3 is 4.57 Å². The van der Waals surface area contributed by atoms with E-state index in [1.807, 2.05) is 97.1 Å². The van der Waals surface area contributed by atoms with E-state index in [9.17, 15) is 2.74 Å². The molecule has 0 fully saturated rings. The Labute approximate surface area is 336 Å². The zero-order valence-electron chi connectivity index (χ0n) is 35.7. The first-order chi connectivity index (χ1) is 30.2. The van der Waals surface area contributed by atoms with Crippen molar-refractivity contribution in [3.05, 3.63) is 194 Å². The second-order valence-electron chi connectivity index (χ2n) is 13.5. The molecule has 0 atom stereocenters. The van der Waals surface area contributed by atoms with Gasteiger partial charge in [0.2, 0.25) is 0 Å². The first-order valence-electron chi connectivity index (χ1n) is 21.3. The molecule has 0 unspecified atom stereocenters. The highest BCUT2D eigenvalue weighted by molar-refractivity contribution is 7.26. The van der Waals surface area contributed by atoms with Crippen LogP contribution in [0, 0.1) is 0 Å². The Morgan fingerprint density at radius 1 is 0.411 bits per heavy atom. The van der Waals surface area contributed by atoms with Crippen molar-refractivity contribution in [3.63, 3.8) is 0 Å². The number of fused-ring (bicyclic) bond motifs is 6. The Balaban J connectivity index is 1.25. The smallest absolute Gasteiger partial charge is 0.166 e. The van der Waals surface area contributed by atoms with Crippen molar-refractivity contribution in [1.29, 1.82) is 0 Å². The molecular weight excluding hydrogens is 701 g/mol. The van der Waals surface area contributed by atoms with Crippen LogP contribution in [0.25, 0.3) is 104 Å².